The Morgan fingerprint density at radius 1 is 1.42 bits per heavy atom. The molecular weight excluding hydrogens is 262 g/mol. The van der Waals surface area contributed by atoms with E-state index in [4.69, 9.17) is 21.1 Å². The molecule has 2 rings (SSSR count). The van der Waals surface area contributed by atoms with E-state index in [1.165, 1.54) is 12.8 Å². The normalized spacial score (nSPS) is 16.2. The van der Waals surface area contributed by atoms with Crippen molar-refractivity contribution in [3.8, 4) is 11.5 Å². The van der Waals surface area contributed by atoms with Crippen molar-refractivity contribution in [1.29, 1.82) is 0 Å². The van der Waals surface area contributed by atoms with Crippen LogP contribution in [0, 0.1) is 0 Å². The Bertz CT molecular complexity index is 432. The van der Waals surface area contributed by atoms with Crippen LogP contribution in [0.4, 0.5) is 0 Å². The summed E-state index contributed by atoms with van der Waals surface area (Å²) in [6.07, 6.45) is 3.65. The van der Waals surface area contributed by atoms with Crippen molar-refractivity contribution in [3.63, 3.8) is 0 Å². The lowest BCUT2D eigenvalue weighted by atomic mass is 10.1. The second kappa shape index (κ2) is 6.49. The van der Waals surface area contributed by atoms with Gasteiger partial charge >= 0.3 is 0 Å². The summed E-state index contributed by atoms with van der Waals surface area (Å²) in [6, 6.07) is 4.42. The third kappa shape index (κ3) is 4.02. The molecule has 1 saturated carbocycles. The molecule has 1 fully saturated rings. The van der Waals surface area contributed by atoms with E-state index in [0.717, 1.165) is 24.3 Å². The highest BCUT2D eigenvalue weighted by Crippen LogP contribution is 2.36. The molecule has 0 radical (unpaired) electrons. The molecule has 0 aliphatic heterocycles. The molecule has 0 bridgehead atoms. The van der Waals surface area contributed by atoms with E-state index in [0.29, 0.717) is 16.8 Å². The molecule has 1 atom stereocenters. The molecule has 1 aromatic rings. The first-order valence-electron chi connectivity index (χ1n) is 6.90. The van der Waals surface area contributed by atoms with Gasteiger partial charge in [0.1, 0.15) is 0 Å². The van der Waals surface area contributed by atoms with E-state index in [2.05, 4.69) is 19.2 Å². The maximum absolute atomic E-state index is 6.14. The van der Waals surface area contributed by atoms with Crippen LogP contribution in [0.3, 0.4) is 0 Å². The number of methoxy groups -OCH3 is 1. The molecule has 4 heteroatoms. The third-order valence-electron chi connectivity index (χ3n) is 3.37. The SMILES string of the molecule is CCC(C)Oc1c(CNC2CC2)cc(Cl)cc1OC. The maximum atomic E-state index is 6.14. The quantitative estimate of drug-likeness (QED) is 0.826. The summed E-state index contributed by atoms with van der Waals surface area (Å²) in [4.78, 5) is 0. The van der Waals surface area contributed by atoms with Crippen molar-refractivity contribution >= 4 is 11.6 Å². The molecule has 106 valence electrons. The minimum atomic E-state index is 0.162. The average Bonchev–Trinajstić information content (AvgIpc) is 3.22. The van der Waals surface area contributed by atoms with E-state index >= 15 is 0 Å². The monoisotopic (exact) mass is 283 g/mol. The molecular formula is C15H22ClNO2. The van der Waals surface area contributed by atoms with Crippen molar-refractivity contribution in [1.82, 2.24) is 5.32 Å². The van der Waals surface area contributed by atoms with E-state index in [-0.39, 0.29) is 6.10 Å². The van der Waals surface area contributed by atoms with Gasteiger partial charge in [-0.1, -0.05) is 18.5 Å². The molecule has 1 aliphatic rings. The fourth-order valence-electron chi connectivity index (χ4n) is 1.87. The standard InChI is InChI=1S/C15H22ClNO2/c1-4-10(2)19-15-11(9-17-13-5-6-13)7-12(16)8-14(15)18-3/h7-8,10,13,17H,4-6,9H2,1-3H3. The van der Waals surface area contributed by atoms with Gasteiger partial charge in [0, 0.05) is 29.2 Å². The molecule has 0 spiro atoms. The largest absolute Gasteiger partial charge is 0.493 e. The molecule has 0 amide bonds. The Morgan fingerprint density at radius 2 is 2.16 bits per heavy atom. The molecule has 1 aliphatic carbocycles. The Labute approximate surface area is 120 Å². The lowest BCUT2D eigenvalue weighted by Crippen LogP contribution is -2.18. The van der Waals surface area contributed by atoms with Crippen LogP contribution < -0.4 is 14.8 Å². The van der Waals surface area contributed by atoms with E-state index < -0.39 is 0 Å². The predicted octanol–water partition coefficient (Wildman–Crippen LogP) is 3.78. The van der Waals surface area contributed by atoms with Crippen molar-refractivity contribution in [2.75, 3.05) is 7.11 Å². The number of hydrogen-bond acceptors (Lipinski definition) is 3. The number of nitrogens with one attached hydrogen (secondary N) is 1. The first kappa shape index (κ1) is 14.5. The fraction of sp³-hybridized carbons (Fsp3) is 0.600. The number of hydrogen-bond donors (Lipinski definition) is 1. The number of benzene rings is 1. The summed E-state index contributed by atoms with van der Waals surface area (Å²) in [5.74, 6) is 1.52. The van der Waals surface area contributed by atoms with Gasteiger partial charge in [-0.05, 0) is 32.3 Å². The molecule has 19 heavy (non-hydrogen) atoms. The van der Waals surface area contributed by atoms with Crippen molar-refractivity contribution in [3.05, 3.63) is 22.7 Å². The van der Waals surface area contributed by atoms with Crippen LogP contribution in [0.15, 0.2) is 12.1 Å². The number of ether oxygens (including phenoxy) is 2. The predicted molar refractivity (Wildman–Crippen MR) is 78.2 cm³/mol. The van der Waals surface area contributed by atoms with Gasteiger partial charge in [0.25, 0.3) is 0 Å². The van der Waals surface area contributed by atoms with Crippen LogP contribution in [0.5, 0.6) is 11.5 Å². The van der Waals surface area contributed by atoms with Crippen LogP contribution >= 0.6 is 11.6 Å². The van der Waals surface area contributed by atoms with Gasteiger partial charge in [-0.25, -0.2) is 0 Å². The highest BCUT2D eigenvalue weighted by atomic mass is 35.5. The van der Waals surface area contributed by atoms with Crippen LogP contribution in [-0.4, -0.2) is 19.3 Å². The van der Waals surface area contributed by atoms with Crippen LogP contribution in [0.25, 0.3) is 0 Å². The van der Waals surface area contributed by atoms with Crippen molar-refractivity contribution < 1.29 is 9.47 Å². The second-order valence-corrected chi connectivity index (χ2v) is 5.52. The summed E-state index contributed by atoms with van der Waals surface area (Å²) < 4.78 is 11.4. The van der Waals surface area contributed by atoms with Crippen LogP contribution in [0.2, 0.25) is 5.02 Å². The van der Waals surface area contributed by atoms with E-state index in [1.54, 1.807) is 13.2 Å². The van der Waals surface area contributed by atoms with E-state index in [9.17, 15) is 0 Å². The van der Waals surface area contributed by atoms with Crippen molar-refractivity contribution in [2.24, 2.45) is 0 Å². The molecule has 1 unspecified atom stereocenters. The molecule has 1 N–H and O–H groups in total. The van der Waals surface area contributed by atoms with Gasteiger partial charge in [-0.15, -0.1) is 0 Å². The highest BCUT2D eigenvalue weighted by Gasteiger charge is 2.22. The van der Waals surface area contributed by atoms with Gasteiger partial charge in [-0.2, -0.15) is 0 Å². The summed E-state index contributed by atoms with van der Waals surface area (Å²) in [5, 5.41) is 4.17. The molecule has 1 aromatic carbocycles. The van der Waals surface area contributed by atoms with Crippen LogP contribution in [0.1, 0.15) is 38.7 Å². The smallest absolute Gasteiger partial charge is 0.166 e. The van der Waals surface area contributed by atoms with Gasteiger partial charge in [0.15, 0.2) is 11.5 Å². The molecule has 3 nitrogen and oxygen atoms in total. The summed E-state index contributed by atoms with van der Waals surface area (Å²) in [5.41, 5.74) is 1.07. The minimum absolute atomic E-state index is 0.162. The Balaban J connectivity index is 2.22. The summed E-state index contributed by atoms with van der Waals surface area (Å²) in [6.45, 7) is 4.94. The zero-order valence-electron chi connectivity index (χ0n) is 11.8. The lowest BCUT2D eigenvalue weighted by Gasteiger charge is -2.19. The molecule has 0 aromatic heterocycles. The minimum Gasteiger partial charge on any atom is -0.493 e. The fourth-order valence-corrected chi connectivity index (χ4v) is 2.10. The Hall–Kier alpha value is -0.930. The third-order valence-corrected chi connectivity index (χ3v) is 3.59. The number of rotatable bonds is 7. The van der Waals surface area contributed by atoms with Gasteiger partial charge < -0.3 is 14.8 Å². The van der Waals surface area contributed by atoms with Gasteiger partial charge in [0.2, 0.25) is 0 Å². The van der Waals surface area contributed by atoms with Gasteiger partial charge in [0.05, 0.1) is 13.2 Å². The molecule has 0 saturated heterocycles. The first-order valence-corrected chi connectivity index (χ1v) is 7.28. The topological polar surface area (TPSA) is 30.5 Å². The first-order chi connectivity index (χ1) is 9.13. The second-order valence-electron chi connectivity index (χ2n) is 5.09. The van der Waals surface area contributed by atoms with Crippen molar-refractivity contribution in [2.45, 2.75) is 51.8 Å². The number of halogens is 1. The van der Waals surface area contributed by atoms with Gasteiger partial charge in [-0.3, -0.25) is 0 Å². The lowest BCUT2D eigenvalue weighted by molar-refractivity contribution is 0.205. The van der Waals surface area contributed by atoms with E-state index in [1.807, 2.05) is 6.07 Å². The Kier molecular flexibility index (Phi) is 4.94. The zero-order chi connectivity index (χ0) is 13.8. The summed E-state index contributed by atoms with van der Waals surface area (Å²) >= 11 is 6.14. The highest BCUT2D eigenvalue weighted by molar-refractivity contribution is 6.30. The average molecular weight is 284 g/mol. The molecule has 0 heterocycles. The Morgan fingerprint density at radius 3 is 2.74 bits per heavy atom. The van der Waals surface area contributed by atoms with Crippen LogP contribution in [-0.2, 0) is 6.54 Å². The maximum Gasteiger partial charge on any atom is 0.166 e. The zero-order valence-corrected chi connectivity index (χ0v) is 12.6. The summed E-state index contributed by atoms with van der Waals surface area (Å²) in [7, 11) is 1.65.